The smallest absolute Gasteiger partial charge is 0.242 e. The van der Waals surface area contributed by atoms with Gasteiger partial charge in [-0.2, -0.15) is 0 Å². The lowest BCUT2D eigenvalue weighted by atomic mass is 10.1. The number of nitrogens with one attached hydrogen (secondary N) is 2. The van der Waals surface area contributed by atoms with Gasteiger partial charge >= 0.3 is 0 Å². The number of carbonyl (C=O) groups is 2. The Bertz CT molecular complexity index is 1300. The fraction of sp³-hybridized carbons (Fsp3) is 0.143. The molecule has 0 aliphatic heterocycles. The summed E-state index contributed by atoms with van der Waals surface area (Å²) in [6.07, 6.45) is 1.93. The third-order valence-corrected chi connectivity index (χ3v) is 6.91. The molecule has 164 valence electrons. The maximum Gasteiger partial charge on any atom is 0.242 e. The van der Waals surface area contributed by atoms with E-state index in [0.29, 0.717) is 0 Å². The summed E-state index contributed by atoms with van der Waals surface area (Å²) in [4.78, 5) is 26.5. The van der Waals surface area contributed by atoms with Gasteiger partial charge in [0, 0.05) is 22.2 Å². The quantitative estimate of drug-likeness (QED) is 0.308. The summed E-state index contributed by atoms with van der Waals surface area (Å²) < 4.78 is 0. The molecule has 1 fully saturated rings. The van der Waals surface area contributed by atoms with Gasteiger partial charge in [-0.1, -0.05) is 66.7 Å². The van der Waals surface area contributed by atoms with Crippen LogP contribution in [0.25, 0.3) is 10.8 Å². The molecule has 0 aromatic heterocycles. The van der Waals surface area contributed by atoms with Crippen molar-refractivity contribution >= 4 is 45.7 Å². The maximum absolute atomic E-state index is 13.4. The Kier molecular flexibility index (Phi) is 6.13. The summed E-state index contributed by atoms with van der Waals surface area (Å²) in [5.41, 5.74) is 2.46. The molecule has 1 aliphatic rings. The van der Waals surface area contributed by atoms with E-state index < -0.39 is 5.25 Å². The van der Waals surface area contributed by atoms with Gasteiger partial charge in [-0.25, -0.2) is 0 Å². The van der Waals surface area contributed by atoms with Crippen LogP contribution in [0.15, 0.2) is 102 Å². The summed E-state index contributed by atoms with van der Waals surface area (Å²) in [6.45, 7) is 0. The van der Waals surface area contributed by atoms with E-state index in [1.165, 1.54) is 11.8 Å². The van der Waals surface area contributed by atoms with E-state index in [1.54, 1.807) is 0 Å². The van der Waals surface area contributed by atoms with Gasteiger partial charge in [-0.15, -0.1) is 11.8 Å². The monoisotopic (exact) mass is 452 g/mol. The molecule has 0 radical (unpaired) electrons. The number of fused-ring (bicyclic) bond motifs is 1. The summed E-state index contributed by atoms with van der Waals surface area (Å²) in [5, 5.41) is 7.86. The molecule has 1 aliphatic carbocycles. The summed E-state index contributed by atoms with van der Waals surface area (Å²) in [7, 11) is 0. The zero-order valence-electron chi connectivity index (χ0n) is 18.0. The Labute approximate surface area is 197 Å². The molecule has 1 unspecified atom stereocenters. The first-order valence-electron chi connectivity index (χ1n) is 11.1. The van der Waals surface area contributed by atoms with Gasteiger partial charge in [-0.05, 0) is 59.5 Å². The van der Waals surface area contributed by atoms with Crippen LogP contribution >= 0.6 is 11.8 Å². The van der Waals surface area contributed by atoms with Crippen LogP contribution < -0.4 is 10.6 Å². The molecule has 33 heavy (non-hydrogen) atoms. The minimum atomic E-state index is -0.438. The molecular formula is C28H24N2O2S. The minimum Gasteiger partial charge on any atom is -0.326 e. The second-order valence-electron chi connectivity index (χ2n) is 8.25. The van der Waals surface area contributed by atoms with E-state index in [-0.39, 0.29) is 17.7 Å². The fourth-order valence-electron chi connectivity index (χ4n) is 3.75. The Morgan fingerprint density at radius 1 is 0.727 bits per heavy atom. The van der Waals surface area contributed by atoms with Crippen LogP contribution in [0.4, 0.5) is 11.4 Å². The first kappa shape index (κ1) is 21.3. The van der Waals surface area contributed by atoms with Crippen molar-refractivity contribution in [3.8, 4) is 0 Å². The predicted octanol–water partition coefficient (Wildman–Crippen LogP) is 6.66. The van der Waals surface area contributed by atoms with E-state index in [0.717, 1.165) is 45.4 Å². The Hall–Kier alpha value is -3.57. The van der Waals surface area contributed by atoms with Gasteiger partial charge in [0.05, 0.1) is 0 Å². The van der Waals surface area contributed by atoms with Gasteiger partial charge in [0.1, 0.15) is 5.25 Å². The zero-order chi connectivity index (χ0) is 22.6. The van der Waals surface area contributed by atoms with Gasteiger partial charge < -0.3 is 10.6 Å². The molecule has 2 amide bonds. The molecule has 0 bridgehead atoms. The Balaban J connectivity index is 1.37. The van der Waals surface area contributed by atoms with Gasteiger partial charge in [0.15, 0.2) is 0 Å². The number of amides is 2. The average Bonchev–Trinajstić information content (AvgIpc) is 3.69. The molecule has 4 aromatic rings. The van der Waals surface area contributed by atoms with Crippen molar-refractivity contribution in [3.05, 3.63) is 103 Å². The van der Waals surface area contributed by atoms with Crippen molar-refractivity contribution in [2.75, 3.05) is 10.6 Å². The highest BCUT2D eigenvalue weighted by atomic mass is 32.2. The van der Waals surface area contributed by atoms with Crippen LogP contribution in [0.5, 0.6) is 0 Å². The topological polar surface area (TPSA) is 58.2 Å². The highest BCUT2D eigenvalue weighted by Crippen LogP contribution is 2.38. The standard InChI is InChI=1S/C28H24N2O2S/c31-27(21-13-14-21)29-23-11-6-12-25(18-23)33-26(20-8-2-1-3-9-20)28(32)30-24-16-15-19-7-4-5-10-22(19)17-24/h1-12,15-18,21,26H,13-14H2,(H,29,31)(H,30,32). The number of hydrogen-bond acceptors (Lipinski definition) is 3. The molecule has 5 rings (SSSR count). The predicted molar refractivity (Wildman–Crippen MR) is 135 cm³/mol. The highest BCUT2D eigenvalue weighted by Gasteiger charge is 2.29. The lowest BCUT2D eigenvalue weighted by molar-refractivity contribution is -0.117. The average molecular weight is 453 g/mol. The van der Waals surface area contributed by atoms with Crippen LogP contribution in [0, 0.1) is 5.92 Å². The third kappa shape index (κ3) is 5.26. The summed E-state index contributed by atoms with van der Waals surface area (Å²) in [6, 6.07) is 31.5. The van der Waals surface area contributed by atoms with E-state index in [1.807, 2.05) is 91.0 Å². The fourth-order valence-corrected chi connectivity index (χ4v) is 4.83. The molecule has 1 atom stereocenters. The molecule has 1 saturated carbocycles. The number of carbonyl (C=O) groups excluding carboxylic acids is 2. The van der Waals surface area contributed by atoms with Crippen molar-refractivity contribution in [2.45, 2.75) is 23.0 Å². The van der Waals surface area contributed by atoms with Gasteiger partial charge in [0.25, 0.3) is 0 Å². The van der Waals surface area contributed by atoms with Crippen LogP contribution in [-0.4, -0.2) is 11.8 Å². The molecule has 0 heterocycles. The number of thioether (sulfide) groups is 1. The van der Waals surface area contributed by atoms with Gasteiger partial charge in [0.2, 0.25) is 11.8 Å². The highest BCUT2D eigenvalue weighted by molar-refractivity contribution is 8.00. The van der Waals surface area contributed by atoms with E-state index >= 15 is 0 Å². The molecular weight excluding hydrogens is 428 g/mol. The van der Waals surface area contributed by atoms with Crippen molar-refractivity contribution in [1.82, 2.24) is 0 Å². The van der Waals surface area contributed by atoms with Crippen molar-refractivity contribution in [3.63, 3.8) is 0 Å². The maximum atomic E-state index is 13.4. The normalized spacial score (nSPS) is 13.9. The second kappa shape index (κ2) is 9.51. The largest absolute Gasteiger partial charge is 0.326 e. The second-order valence-corrected chi connectivity index (χ2v) is 9.43. The van der Waals surface area contributed by atoms with E-state index in [9.17, 15) is 9.59 Å². The lowest BCUT2D eigenvalue weighted by Gasteiger charge is -2.18. The van der Waals surface area contributed by atoms with Crippen LogP contribution in [0.3, 0.4) is 0 Å². The minimum absolute atomic E-state index is 0.0748. The first-order valence-corrected chi connectivity index (χ1v) is 12.0. The van der Waals surface area contributed by atoms with Crippen molar-refractivity contribution in [1.29, 1.82) is 0 Å². The molecule has 4 aromatic carbocycles. The number of anilines is 2. The van der Waals surface area contributed by atoms with Crippen LogP contribution in [-0.2, 0) is 9.59 Å². The Morgan fingerprint density at radius 2 is 1.45 bits per heavy atom. The molecule has 5 heteroatoms. The molecule has 2 N–H and O–H groups in total. The Morgan fingerprint density at radius 3 is 2.24 bits per heavy atom. The first-order chi connectivity index (χ1) is 16.2. The van der Waals surface area contributed by atoms with E-state index in [2.05, 4.69) is 16.7 Å². The third-order valence-electron chi connectivity index (χ3n) is 5.66. The van der Waals surface area contributed by atoms with Crippen LogP contribution in [0.1, 0.15) is 23.7 Å². The number of hydrogen-bond donors (Lipinski definition) is 2. The molecule has 0 saturated heterocycles. The zero-order valence-corrected chi connectivity index (χ0v) is 18.8. The SMILES string of the molecule is O=C(Nc1cccc(SC(C(=O)Nc2ccc3ccccc3c2)c2ccccc2)c1)C1CC1. The van der Waals surface area contributed by atoms with E-state index in [4.69, 9.17) is 0 Å². The van der Waals surface area contributed by atoms with Gasteiger partial charge in [-0.3, -0.25) is 9.59 Å². The van der Waals surface area contributed by atoms with Crippen LogP contribution in [0.2, 0.25) is 0 Å². The van der Waals surface area contributed by atoms with Crippen molar-refractivity contribution in [2.24, 2.45) is 5.92 Å². The summed E-state index contributed by atoms with van der Waals surface area (Å²) >= 11 is 1.47. The van der Waals surface area contributed by atoms with Crippen molar-refractivity contribution < 1.29 is 9.59 Å². The summed E-state index contributed by atoms with van der Waals surface area (Å²) in [5.74, 6) is 0.130. The lowest BCUT2D eigenvalue weighted by Crippen LogP contribution is -2.19. The molecule has 4 nitrogen and oxygen atoms in total. The molecule has 0 spiro atoms. The number of rotatable bonds is 7. The number of benzene rings is 4.